The normalized spacial score (nSPS) is 14.1. The summed E-state index contributed by atoms with van der Waals surface area (Å²) in [4.78, 5) is 72.7. The number of hydrogen-bond acceptors (Lipinski definition) is 15. The van der Waals surface area contributed by atoms with Gasteiger partial charge in [0.2, 0.25) is 0 Å². The van der Waals surface area contributed by atoms with E-state index in [0.717, 1.165) is 108 Å². The Kier molecular flexibility index (Phi) is 62.4. The molecule has 19 heteroatoms. The van der Waals surface area contributed by atoms with E-state index in [-0.39, 0.29) is 25.7 Å². The largest absolute Gasteiger partial charge is 0.472 e. The predicted octanol–water partition coefficient (Wildman–Crippen LogP) is 21.0. The second kappa shape index (κ2) is 63.8. The third-order valence-electron chi connectivity index (χ3n) is 16.9. The third-order valence-corrected chi connectivity index (χ3v) is 18.8. The van der Waals surface area contributed by atoms with Gasteiger partial charge in [-0.3, -0.25) is 37.3 Å². The van der Waals surface area contributed by atoms with Gasteiger partial charge in [0.05, 0.1) is 26.4 Å². The van der Waals surface area contributed by atoms with Gasteiger partial charge in [-0.1, -0.05) is 318 Å². The number of unbranched alkanes of at least 4 members (excludes halogenated alkanes) is 39. The zero-order chi connectivity index (χ0) is 68.0. The van der Waals surface area contributed by atoms with Gasteiger partial charge < -0.3 is 33.8 Å². The lowest BCUT2D eigenvalue weighted by molar-refractivity contribution is -0.161. The second-order valence-corrected chi connectivity index (χ2v) is 30.7. The molecule has 0 spiro atoms. The van der Waals surface area contributed by atoms with Crippen LogP contribution in [0.15, 0.2) is 0 Å². The van der Waals surface area contributed by atoms with Crippen molar-refractivity contribution >= 4 is 39.5 Å². The zero-order valence-corrected chi connectivity index (χ0v) is 61.8. The molecule has 92 heavy (non-hydrogen) atoms. The molecule has 17 nitrogen and oxygen atoms in total. The molecule has 5 atom stereocenters. The van der Waals surface area contributed by atoms with Crippen molar-refractivity contribution in [3.05, 3.63) is 0 Å². The van der Waals surface area contributed by atoms with Crippen LogP contribution < -0.4 is 0 Å². The van der Waals surface area contributed by atoms with Crippen molar-refractivity contribution in [3.63, 3.8) is 0 Å². The molecule has 0 aromatic heterocycles. The monoisotopic (exact) mass is 1350 g/mol. The minimum atomic E-state index is -4.96. The molecule has 0 radical (unpaired) electrons. The minimum Gasteiger partial charge on any atom is -0.462 e. The van der Waals surface area contributed by atoms with Gasteiger partial charge in [-0.05, 0) is 43.4 Å². The molecule has 0 aromatic carbocycles. The lowest BCUT2D eigenvalue weighted by atomic mass is 10.0. The number of ether oxygens (including phenoxy) is 4. The van der Waals surface area contributed by atoms with Crippen LogP contribution in [-0.2, 0) is 65.4 Å². The molecule has 546 valence electrons. The van der Waals surface area contributed by atoms with Crippen LogP contribution in [0.3, 0.4) is 0 Å². The van der Waals surface area contributed by atoms with Crippen LogP contribution in [0.5, 0.6) is 0 Å². The molecule has 0 bridgehead atoms. The molecule has 0 aliphatic heterocycles. The lowest BCUT2D eigenvalue weighted by Gasteiger charge is -2.21. The topological polar surface area (TPSA) is 237 Å². The van der Waals surface area contributed by atoms with Gasteiger partial charge in [-0.15, -0.1) is 0 Å². The number of phosphoric ester groups is 2. The Morgan fingerprint density at radius 3 is 0.739 bits per heavy atom. The van der Waals surface area contributed by atoms with E-state index in [1.807, 2.05) is 0 Å². The SMILES string of the molecule is CCCCCCCCCCCCCCCCCC(=O)OC[C@H](COP(=O)(O)OC[C@@H](O)COP(=O)(O)OC[C@@H](COC(=O)CCCCCCCCCC(C)C)OC(=O)CCCCCCCCCCC(C)C)OC(=O)CCCCCCCCCCCCCCCC(C)C. The first-order valence-electron chi connectivity index (χ1n) is 37.8. The van der Waals surface area contributed by atoms with Crippen LogP contribution in [-0.4, -0.2) is 96.7 Å². The third kappa shape index (κ3) is 66.7. The Balaban J connectivity index is 5.25. The number of aliphatic hydroxyl groups is 1. The molecular formula is C73H142O17P2. The molecule has 0 saturated heterocycles. The van der Waals surface area contributed by atoms with Crippen molar-refractivity contribution in [2.75, 3.05) is 39.6 Å². The highest BCUT2D eigenvalue weighted by Crippen LogP contribution is 2.45. The molecule has 0 aliphatic carbocycles. The molecule has 0 aromatic rings. The highest BCUT2D eigenvalue weighted by Gasteiger charge is 2.30. The summed E-state index contributed by atoms with van der Waals surface area (Å²) in [5.74, 6) is 0.0863. The number of rotatable bonds is 71. The van der Waals surface area contributed by atoms with E-state index in [9.17, 15) is 43.2 Å². The van der Waals surface area contributed by atoms with E-state index >= 15 is 0 Å². The van der Waals surface area contributed by atoms with Crippen LogP contribution in [0, 0.1) is 17.8 Å². The fourth-order valence-corrected chi connectivity index (χ4v) is 12.7. The summed E-state index contributed by atoms with van der Waals surface area (Å²) in [5, 5.41) is 10.6. The fraction of sp³-hybridized carbons (Fsp3) is 0.945. The van der Waals surface area contributed by atoms with Crippen molar-refractivity contribution in [1.29, 1.82) is 0 Å². The van der Waals surface area contributed by atoms with Gasteiger partial charge in [0.15, 0.2) is 12.2 Å². The van der Waals surface area contributed by atoms with E-state index in [1.165, 1.54) is 173 Å². The molecule has 2 unspecified atom stereocenters. The standard InChI is InChI=1S/C73H142O17P2/c1-8-9-10-11-12-13-14-15-16-19-22-25-33-40-47-54-70(75)83-60-68(89-72(77)56-49-42-34-26-23-20-17-18-21-24-30-37-44-51-64(2)3)62-87-91(79,80)85-58-67(74)59-86-92(81,82)88-63-69(61-84-71(76)55-48-41-36-29-32-39-46-53-66(6)7)90-73(78)57-50-43-35-28-27-31-38-45-52-65(4)5/h64-69,74H,8-63H2,1-7H3,(H,79,80)(H,81,82)/t67-,68-,69-/m1/s1. The summed E-state index contributed by atoms with van der Waals surface area (Å²) in [6.07, 6.45) is 48.7. The van der Waals surface area contributed by atoms with Crippen molar-refractivity contribution in [1.82, 2.24) is 0 Å². The van der Waals surface area contributed by atoms with Gasteiger partial charge in [-0.2, -0.15) is 0 Å². The van der Waals surface area contributed by atoms with E-state index in [2.05, 4.69) is 48.5 Å². The quantitative estimate of drug-likeness (QED) is 0.0222. The number of carbonyl (C=O) groups excluding carboxylic acids is 4. The zero-order valence-electron chi connectivity index (χ0n) is 60.0. The summed E-state index contributed by atoms with van der Waals surface area (Å²) in [6, 6.07) is 0. The average molecular weight is 1350 g/mol. The molecule has 0 fully saturated rings. The second-order valence-electron chi connectivity index (χ2n) is 27.8. The maximum Gasteiger partial charge on any atom is 0.472 e. The van der Waals surface area contributed by atoms with Gasteiger partial charge in [-0.25, -0.2) is 9.13 Å². The Morgan fingerprint density at radius 2 is 0.500 bits per heavy atom. The Morgan fingerprint density at radius 1 is 0.293 bits per heavy atom. The molecule has 0 saturated carbocycles. The van der Waals surface area contributed by atoms with Gasteiger partial charge in [0, 0.05) is 25.7 Å². The highest BCUT2D eigenvalue weighted by atomic mass is 31.2. The maximum atomic E-state index is 13.1. The number of carbonyl (C=O) groups is 4. The van der Waals surface area contributed by atoms with Gasteiger partial charge >= 0.3 is 39.5 Å². The maximum absolute atomic E-state index is 13.1. The Labute approximate surface area is 562 Å². The van der Waals surface area contributed by atoms with Crippen molar-refractivity contribution in [2.45, 2.75) is 388 Å². The Hall–Kier alpha value is -1.94. The van der Waals surface area contributed by atoms with Crippen LogP contribution in [0.2, 0.25) is 0 Å². The number of esters is 4. The van der Waals surface area contributed by atoms with Crippen LogP contribution in [0.4, 0.5) is 0 Å². The number of hydrogen-bond donors (Lipinski definition) is 3. The van der Waals surface area contributed by atoms with Gasteiger partial charge in [0.1, 0.15) is 19.3 Å². The molecule has 0 rings (SSSR count). The summed E-state index contributed by atoms with van der Waals surface area (Å²) in [6.45, 7) is 11.8. The predicted molar refractivity (Wildman–Crippen MR) is 372 cm³/mol. The van der Waals surface area contributed by atoms with Crippen molar-refractivity contribution in [2.24, 2.45) is 17.8 Å². The average Bonchev–Trinajstić information content (AvgIpc) is 1.70. The number of aliphatic hydroxyl groups excluding tert-OH is 1. The molecular weight excluding hydrogens is 1210 g/mol. The summed E-state index contributed by atoms with van der Waals surface area (Å²) < 4.78 is 68.4. The van der Waals surface area contributed by atoms with Crippen LogP contribution >= 0.6 is 15.6 Å². The Bertz CT molecular complexity index is 1800. The molecule has 0 aliphatic rings. The summed E-state index contributed by atoms with van der Waals surface area (Å²) in [5.41, 5.74) is 0. The van der Waals surface area contributed by atoms with Gasteiger partial charge in [0.25, 0.3) is 0 Å². The summed E-state index contributed by atoms with van der Waals surface area (Å²) >= 11 is 0. The first-order chi connectivity index (χ1) is 44.2. The van der Waals surface area contributed by atoms with E-state index in [0.29, 0.717) is 31.6 Å². The first kappa shape index (κ1) is 90.1. The van der Waals surface area contributed by atoms with E-state index in [1.54, 1.807) is 0 Å². The lowest BCUT2D eigenvalue weighted by Crippen LogP contribution is -2.30. The van der Waals surface area contributed by atoms with Crippen molar-refractivity contribution in [3.8, 4) is 0 Å². The van der Waals surface area contributed by atoms with Crippen LogP contribution in [0.1, 0.15) is 370 Å². The number of phosphoric acid groups is 2. The van der Waals surface area contributed by atoms with Crippen LogP contribution in [0.25, 0.3) is 0 Å². The molecule has 3 N–H and O–H groups in total. The van der Waals surface area contributed by atoms with Crippen molar-refractivity contribution < 1.29 is 80.2 Å². The van der Waals surface area contributed by atoms with E-state index < -0.39 is 97.5 Å². The minimum absolute atomic E-state index is 0.104. The fourth-order valence-electron chi connectivity index (χ4n) is 11.1. The molecule has 0 heterocycles. The first-order valence-corrected chi connectivity index (χ1v) is 40.8. The van der Waals surface area contributed by atoms with E-state index in [4.69, 9.17) is 37.0 Å². The smallest absolute Gasteiger partial charge is 0.462 e. The molecule has 0 amide bonds. The summed E-state index contributed by atoms with van der Waals surface area (Å²) in [7, 11) is -9.91. The highest BCUT2D eigenvalue weighted by molar-refractivity contribution is 7.47.